The second-order valence-electron chi connectivity index (χ2n) is 8.01. The Morgan fingerprint density at radius 1 is 1.14 bits per heavy atom. The first-order valence-corrected chi connectivity index (χ1v) is 11.6. The van der Waals surface area contributed by atoms with Gasteiger partial charge in [-0.2, -0.15) is 13.2 Å². The molecule has 3 N–H and O–H groups in total. The van der Waals surface area contributed by atoms with Crippen molar-refractivity contribution in [3.63, 3.8) is 0 Å². The van der Waals surface area contributed by atoms with Crippen LogP contribution in [0.4, 0.5) is 24.7 Å². The number of carbonyl (C=O) groups is 1. The van der Waals surface area contributed by atoms with Crippen LogP contribution in [0.15, 0.2) is 48.8 Å². The average Bonchev–Trinajstić information content (AvgIpc) is 3.47. The van der Waals surface area contributed by atoms with Crippen LogP contribution < -0.4 is 15.8 Å². The van der Waals surface area contributed by atoms with Gasteiger partial charge in [-0.1, -0.05) is 19.9 Å². The third-order valence-corrected chi connectivity index (χ3v) is 5.81. The zero-order valence-corrected chi connectivity index (χ0v) is 20.5. The number of aromatic nitrogens is 3. The predicted molar refractivity (Wildman–Crippen MR) is 133 cm³/mol. The van der Waals surface area contributed by atoms with E-state index in [0.29, 0.717) is 30.2 Å². The van der Waals surface area contributed by atoms with Crippen LogP contribution in [0.1, 0.15) is 36.2 Å². The number of benzene rings is 2. The van der Waals surface area contributed by atoms with Gasteiger partial charge in [0.1, 0.15) is 23.1 Å². The summed E-state index contributed by atoms with van der Waals surface area (Å²) in [4.78, 5) is 21.0. The van der Waals surface area contributed by atoms with E-state index in [0.717, 1.165) is 28.5 Å². The van der Waals surface area contributed by atoms with Crippen LogP contribution in [0.5, 0.6) is 5.75 Å². The Labute approximate surface area is 211 Å². The topological polar surface area (TPSA) is 104 Å². The normalized spacial score (nSPS) is 12.6. The summed E-state index contributed by atoms with van der Waals surface area (Å²) in [7, 11) is 1.17. The van der Waals surface area contributed by atoms with Crippen LogP contribution in [-0.4, -0.2) is 27.6 Å². The molecule has 1 aliphatic rings. The lowest BCUT2D eigenvalue weighted by atomic mass is 10.1. The van der Waals surface area contributed by atoms with Crippen molar-refractivity contribution in [1.29, 1.82) is 0 Å². The third kappa shape index (κ3) is 5.08. The molecule has 0 saturated heterocycles. The lowest BCUT2D eigenvalue weighted by molar-refractivity contribution is -0.138. The summed E-state index contributed by atoms with van der Waals surface area (Å²) in [6.45, 7) is 4.84. The van der Waals surface area contributed by atoms with E-state index >= 15 is 0 Å². The Balaban J connectivity index is 0.00000156. The average molecular weight is 514 g/mol. The molecule has 0 radical (unpaired) electrons. The minimum atomic E-state index is -4.59. The van der Waals surface area contributed by atoms with E-state index in [9.17, 15) is 18.0 Å². The highest BCUT2D eigenvalue weighted by molar-refractivity contribution is 5.93. The summed E-state index contributed by atoms with van der Waals surface area (Å²) in [5.41, 5.74) is 10.0. The van der Waals surface area contributed by atoms with Crippen LogP contribution in [0.2, 0.25) is 0 Å². The molecule has 0 spiro atoms. The third-order valence-electron chi connectivity index (χ3n) is 5.81. The first-order chi connectivity index (χ1) is 17.8. The zero-order valence-electron chi connectivity index (χ0n) is 20.5. The number of fused-ring (bicyclic) bond motifs is 3. The fourth-order valence-corrected chi connectivity index (χ4v) is 4.25. The molecule has 0 bridgehead atoms. The number of anilines is 2. The van der Waals surface area contributed by atoms with Gasteiger partial charge in [0.05, 0.1) is 38.0 Å². The minimum absolute atomic E-state index is 0.220. The van der Waals surface area contributed by atoms with Crippen molar-refractivity contribution in [3.8, 4) is 11.4 Å². The van der Waals surface area contributed by atoms with Gasteiger partial charge in [-0.15, -0.1) is 0 Å². The Kier molecular flexibility index (Phi) is 7.35. The largest absolute Gasteiger partial charge is 0.496 e. The van der Waals surface area contributed by atoms with Gasteiger partial charge >= 0.3 is 6.18 Å². The molecule has 11 heteroatoms. The van der Waals surface area contributed by atoms with Gasteiger partial charge < -0.3 is 25.1 Å². The number of carbonyl (C=O) groups excluding carboxylic acids is 1. The monoisotopic (exact) mass is 513 g/mol. The number of methoxy groups -OCH3 is 1. The Morgan fingerprint density at radius 3 is 2.54 bits per heavy atom. The predicted octanol–water partition coefficient (Wildman–Crippen LogP) is 5.27. The SMILES string of the molecule is CC.COc1ccc(CC(=O)Nc2ccc(-n3c4c(c5ncnc(N)c53)COC4)cc2)cc1C(F)(F)F. The van der Waals surface area contributed by atoms with Crippen molar-refractivity contribution in [3.05, 3.63) is 71.2 Å². The number of hydrogen-bond acceptors (Lipinski definition) is 6. The summed E-state index contributed by atoms with van der Waals surface area (Å²) >= 11 is 0. The summed E-state index contributed by atoms with van der Waals surface area (Å²) in [6.07, 6.45) is -3.40. The first kappa shape index (κ1) is 26.0. The van der Waals surface area contributed by atoms with Crippen molar-refractivity contribution < 1.29 is 27.4 Å². The smallest absolute Gasteiger partial charge is 0.419 e. The number of halogens is 3. The molecule has 3 heterocycles. The fraction of sp³-hybridized carbons (Fsp3) is 0.269. The van der Waals surface area contributed by atoms with Gasteiger partial charge in [0.2, 0.25) is 5.91 Å². The molecule has 37 heavy (non-hydrogen) atoms. The van der Waals surface area contributed by atoms with Gasteiger partial charge in [0.25, 0.3) is 0 Å². The number of alkyl halides is 3. The molecule has 0 aliphatic carbocycles. The van der Waals surface area contributed by atoms with Crippen LogP contribution in [0, 0.1) is 0 Å². The highest BCUT2D eigenvalue weighted by Gasteiger charge is 2.34. The maximum absolute atomic E-state index is 13.3. The number of amides is 1. The summed E-state index contributed by atoms with van der Waals surface area (Å²) in [6, 6.07) is 10.6. The summed E-state index contributed by atoms with van der Waals surface area (Å²) in [5, 5.41) is 2.72. The Morgan fingerprint density at radius 2 is 1.86 bits per heavy atom. The summed E-state index contributed by atoms with van der Waals surface area (Å²) in [5.74, 6) is -0.397. The first-order valence-electron chi connectivity index (χ1n) is 11.6. The van der Waals surface area contributed by atoms with Gasteiger partial charge in [0.15, 0.2) is 5.82 Å². The Hall–Kier alpha value is -4.12. The maximum Gasteiger partial charge on any atom is 0.419 e. The second kappa shape index (κ2) is 10.5. The van der Waals surface area contributed by atoms with E-state index in [-0.39, 0.29) is 17.7 Å². The molecule has 4 aromatic rings. The van der Waals surface area contributed by atoms with Crippen molar-refractivity contribution in [2.45, 2.75) is 39.7 Å². The van der Waals surface area contributed by atoms with Gasteiger partial charge in [0, 0.05) is 16.9 Å². The lowest BCUT2D eigenvalue weighted by Gasteiger charge is -2.14. The molecule has 0 fully saturated rings. The van der Waals surface area contributed by atoms with E-state index in [1.54, 1.807) is 24.3 Å². The molecule has 0 saturated carbocycles. The number of nitrogens with one attached hydrogen (secondary N) is 1. The molecular weight excluding hydrogens is 487 g/mol. The Bertz CT molecular complexity index is 1430. The van der Waals surface area contributed by atoms with E-state index in [2.05, 4.69) is 15.3 Å². The van der Waals surface area contributed by atoms with Crippen LogP contribution in [0.25, 0.3) is 16.7 Å². The zero-order chi connectivity index (χ0) is 26.7. The number of rotatable bonds is 5. The van der Waals surface area contributed by atoms with Crippen molar-refractivity contribution in [2.75, 3.05) is 18.2 Å². The number of ether oxygens (including phenoxy) is 2. The number of hydrogen-bond donors (Lipinski definition) is 2. The standard InChI is InChI=1S/C24H20F3N5O3.C2H6/c1-34-19-7-2-13(8-17(19)24(25,26)27)9-20(33)31-14-3-5-15(6-4-14)32-18-11-35-10-16(18)21-22(32)23(28)30-12-29-21;1-2/h2-8,12H,9-11H2,1H3,(H,31,33)(H2,28,29,30);1-2H3. The molecule has 0 unspecified atom stereocenters. The van der Waals surface area contributed by atoms with Crippen molar-refractivity contribution >= 4 is 28.4 Å². The lowest BCUT2D eigenvalue weighted by Crippen LogP contribution is -2.15. The molecule has 2 aromatic carbocycles. The highest BCUT2D eigenvalue weighted by Crippen LogP contribution is 2.37. The molecular formula is C26H26F3N5O3. The maximum atomic E-state index is 13.3. The van der Waals surface area contributed by atoms with Crippen molar-refractivity contribution in [2.24, 2.45) is 0 Å². The van der Waals surface area contributed by atoms with E-state index < -0.39 is 17.6 Å². The summed E-state index contributed by atoms with van der Waals surface area (Å²) < 4.78 is 52.1. The number of nitrogen functional groups attached to an aromatic ring is 1. The fourth-order valence-electron chi connectivity index (χ4n) is 4.25. The number of nitrogens with zero attached hydrogens (tertiary/aromatic N) is 3. The van der Waals surface area contributed by atoms with Gasteiger partial charge in [-0.3, -0.25) is 4.79 Å². The van der Waals surface area contributed by atoms with Crippen molar-refractivity contribution in [1.82, 2.24) is 14.5 Å². The molecule has 194 valence electrons. The van der Waals surface area contributed by atoms with E-state index in [1.165, 1.54) is 25.6 Å². The molecule has 1 aliphatic heterocycles. The van der Waals surface area contributed by atoms with E-state index in [1.807, 2.05) is 18.4 Å². The molecule has 8 nitrogen and oxygen atoms in total. The number of nitrogens with two attached hydrogens (primary N) is 1. The van der Waals surface area contributed by atoms with Crippen LogP contribution in [0.3, 0.4) is 0 Å². The van der Waals surface area contributed by atoms with Gasteiger partial charge in [-0.05, 0) is 42.0 Å². The quantitative estimate of drug-likeness (QED) is 0.377. The highest BCUT2D eigenvalue weighted by atomic mass is 19.4. The van der Waals surface area contributed by atoms with Crippen LogP contribution in [-0.2, 0) is 35.3 Å². The molecule has 0 atom stereocenters. The van der Waals surface area contributed by atoms with Gasteiger partial charge in [-0.25, -0.2) is 9.97 Å². The van der Waals surface area contributed by atoms with E-state index in [4.69, 9.17) is 15.2 Å². The molecule has 2 aromatic heterocycles. The molecule has 1 amide bonds. The minimum Gasteiger partial charge on any atom is -0.496 e. The second-order valence-corrected chi connectivity index (χ2v) is 8.01. The molecule has 5 rings (SSSR count). The van der Waals surface area contributed by atoms with Crippen LogP contribution >= 0.6 is 0 Å².